The maximum Gasteiger partial charge on any atom is 0.254 e. The number of hydrogen-bond acceptors (Lipinski definition) is 0. The fourth-order valence-electron chi connectivity index (χ4n) is 3.38. The van der Waals surface area contributed by atoms with Crippen molar-refractivity contribution in [1.82, 2.24) is 4.57 Å². The van der Waals surface area contributed by atoms with Crippen LogP contribution in [0.2, 0.25) is 10.0 Å². The van der Waals surface area contributed by atoms with Crippen molar-refractivity contribution in [2.75, 3.05) is 0 Å². The van der Waals surface area contributed by atoms with Gasteiger partial charge >= 0.3 is 0 Å². The molecule has 0 aliphatic heterocycles. The van der Waals surface area contributed by atoms with Gasteiger partial charge in [-0.25, -0.2) is 9.13 Å². The van der Waals surface area contributed by atoms with Crippen LogP contribution in [0.5, 0.6) is 0 Å². The third-order valence-corrected chi connectivity index (χ3v) is 5.57. The Morgan fingerprint density at radius 3 is 2.21 bits per heavy atom. The molecule has 1 heterocycles. The van der Waals surface area contributed by atoms with Gasteiger partial charge in [-0.15, -0.1) is 0 Å². The van der Waals surface area contributed by atoms with Crippen LogP contribution in [0.25, 0.3) is 11.0 Å². The van der Waals surface area contributed by atoms with Crippen LogP contribution < -0.4 is 4.57 Å². The first-order chi connectivity index (χ1) is 11.6. The van der Waals surface area contributed by atoms with Crippen molar-refractivity contribution >= 4 is 34.2 Å². The Hall–Kier alpha value is -0.730. The smallest absolute Gasteiger partial charge is 0.227 e. The van der Waals surface area contributed by atoms with Crippen LogP contribution in [0.15, 0.2) is 12.1 Å². The second kappa shape index (κ2) is 9.68. The van der Waals surface area contributed by atoms with E-state index in [4.69, 9.17) is 23.2 Å². The highest BCUT2D eigenvalue weighted by Crippen LogP contribution is 2.28. The molecule has 0 saturated carbocycles. The Morgan fingerprint density at radius 1 is 0.875 bits per heavy atom. The van der Waals surface area contributed by atoms with Gasteiger partial charge < -0.3 is 0 Å². The van der Waals surface area contributed by atoms with Gasteiger partial charge in [-0.3, -0.25) is 0 Å². The van der Waals surface area contributed by atoms with Crippen LogP contribution in [0.1, 0.15) is 71.0 Å². The number of unbranched alkanes of at least 4 members (excludes halogenated alkanes) is 6. The Balaban J connectivity index is 2.21. The van der Waals surface area contributed by atoms with Gasteiger partial charge in [0.2, 0.25) is 0 Å². The number of aryl methyl sites for hydroxylation is 2. The van der Waals surface area contributed by atoms with Gasteiger partial charge in [0.25, 0.3) is 5.82 Å². The quantitative estimate of drug-likeness (QED) is 0.325. The summed E-state index contributed by atoms with van der Waals surface area (Å²) in [7, 11) is 0. The molecular weight excluding hydrogens is 339 g/mol. The largest absolute Gasteiger partial charge is 0.254 e. The van der Waals surface area contributed by atoms with Gasteiger partial charge in [-0.05, 0) is 19.3 Å². The molecule has 134 valence electrons. The van der Waals surface area contributed by atoms with E-state index in [1.807, 2.05) is 12.1 Å². The van der Waals surface area contributed by atoms with E-state index in [9.17, 15) is 0 Å². The van der Waals surface area contributed by atoms with Gasteiger partial charge in [0.15, 0.2) is 11.0 Å². The van der Waals surface area contributed by atoms with Crippen LogP contribution >= 0.6 is 23.2 Å². The van der Waals surface area contributed by atoms with E-state index in [1.54, 1.807) is 0 Å². The van der Waals surface area contributed by atoms with Crippen LogP contribution in [0.4, 0.5) is 0 Å². The number of halogens is 2. The summed E-state index contributed by atoms with van der Waals surface area (Å²) in [6.45, 7) is 8.81. The lowest BCUT2D eigenvalue weighted by Gasteiger charge is -2.02. The Morgan fingerprint density at radius 2 is 1.50 bits per heavy atom. The molecule has 0 aliphatic carbocycles. The Labute approximate surface area is 156 Å². The van der Waals surface area contributed by atoms with E-state index in [-0.39, 0.29) is 0 Å². The maximum absolute atomic E-state index is 6.29. The Kier molecular flexibility index (Phi) is 7.90. The lowest BCUT2D eigenvalue weighted by Crippen LogP contribution is -2.36. The molecule has 0 fully saturated rings. The lowest BCUT2D eigenvalue weighted by molar-refractivity contribution is -0.678. The zero-order chi connectivity index (χ0) is 17.5. The monoisotopic (exact) mass is 369 g/mol. The third-order valence-electron chi connectivity index (χ3n) is 4.85. The molecule has 0 amide bonds. The van der Waals surface area contributed by atoms with Crippen molar-refractivity contribution in [2.45, 2.75) is 85.2 Å². The number of aromatic nitrogens is 2. The topological polar surface area (TPSA) is 8.81 Å². The summed E-state index contributed by atoms with van der Waals surface area (Å²) < 4.78 is 4.82. The summed E-state index contributed by atoms with van der Waals surface area (Å²) in [5.41, 5.74) is 2.42. The third kappa shape index (κ3) is 4.67. The molecular formula is C20H31Cl2N2+. The second-order valence-corrected chi connectivity index (χ2v) is 7.54. The van der Waals surface area contributed by atoms with Gasteiger partial charge in [-0.2, -0.15) is 0 Å². The van der Waals surface area contributed by atoms with Gasteiger partial charge in [0.1, 0.15) is 0 Å². The SMILES string of the molecule is CCCCCCCC[n+]1c(C)n(CCCC)c2cc(Cl)c(Cl)cc21. The first kappa shape index (κ1) is 19.6. The summed E-state index contributed by atoms with van der Waals surface area (Å²) >= 11 is 12.6. The average Bonchev–Trinajstić information content (AvgIpc) is 2.81. The van der Waals surface area contributed by atoms with E-state index >= 15 is 0 Å². The molecule has 2 rings (SSSR count). The summed E-state index contributed by atoms with van der Waals surface area (Å²) in [5, 5.41) is 1.29. The zero-order valence-electron chi connectivity index (χ0n) is 15.4. The van der Waals surface area contributed by atoms with Gasteiger partial charge in [0.05, 0.1) is 23.1 Å². The fourth-order valence-corrected chi connectivity index (χ4v) is 3.70. The van der Waals surface area contributed by atoms with Crippen molar-refractivity contribution in [3.8, 4) is 0 Å². The number of imidazole rings is 1. The molecule has 0 unspecified atom stereocenters. The minimum atomic E-state index is 0.645. The molecule has 0 saturated heterocycles. The molecule has 0 spiro atoms. The molecule has 1 aromatic carbocycles. The standard InChI is InChI=1S/C20H31Cl2N2/c1-4-6-8-9-10-11-13-24-16(3)23(12-7-5-2)19-14-17(21)18(22)15-20(19)24/h14-15H,4-13H2,1-3H3/q+1. The van der Waals surface area contributed by atoms with Crippen LogP contribution in [-0.4, -0.2) is 4.57 Å². The Bertz CT molecular complexity index is 661. The van der Waals surface area contributed by atoms with Crippen LogP contribution in [0, 0.1) is 6.92 Å². The minimum absolute atomic E-state index is 0.645. The predicted molar refractivity (Wildman–Crippen MR) is 105 cm³/mol. The highest BCUT2D eigenvalue weighted by molar-refractivity contribution is 6.42. The number of benzene rings is 1. The first-order valence-electron chi connectivity index (χ1n) is 9.47. The number of fused-ring (bicyclic) bond motifs is 1. The molecule has 0 bridgehead atoms. The van der Waals surface area contributed by atoms with Gasteiger partial charge in [0, 0.05) is 19.1 Å². The van der Waals surface area contributed by atoms with Crippen molar-refractivity contribution in [2.24, 2.45) is 0 Å². The van der Waals surface area contributed by atoms with Crippen molar-refractivity contribution in [3.05, 3.63) is 28.0 Å². The molecule has 0 radical (unpaired) electrons. The van der Waals surface area contributed by atoms with Crippen molar-refractivity contribution in [3.63, 3.8) is 0 Å². The minimum Gasteiger partial charge on any atom is -0.227 e. The maximum atomic E-state index is 6.29. The van der Waals surface area contributed by atoms with E-state index in [0.717, 1.165) is 13.1 Å². The van der Waals surface area contributed by atoms with E-state index in [1.165, 1.54) is 68.2 Å². The summed E-state index contributed by atoms with van der Waals surface area (Å²) in [4.78, 5) is 0. The normalized spacial score (nSPS) is 11.5. The zero-order valence-corrected chi connectivity index (χ0v) is 16.9. The highest BCUT2D eigenvalue weighted by atomic mass is 35.5. The second-order valence-electron chi connectivity index (χ2n) is 6.73. The van der Waals surface area contributed by atoms with E-state index in [2.05, 4.69) is 29.9 Å². The number of nitrogens with zero attached hydrogens (tertiary/aromatic N) is 2. The van der Waals surface area contributed by atoms with Crippen LogP contribution in [-0.2, 0) is 13.1 Å². The molecule has 2 aromatic rings. The molecule has 1 aromatic heterocycles. The predicted octanol–water partition coefficient (Wildman–Crippen LogP) is 6.70. The first-order valence-corrected chi connectivity index (χ1v) is 10.2. The number of rotatable bonds is 10. The summed E-state index contributed by atoms with van der Waals surface area (Å²) in [6, 6.07) is 4.06. The highest BCUT2D eigenvalue weighted by Gasteiger charge is 2.22. The van der Waals surface area contributed by atoms with Crippen molar-refractivity contribution < 1.29 is 4.57 Å². The van der Waals surface area contributed by atoms with Gasteiger partial charge in [-0.1, -0.05) is 69.2 Å². The molecule has 0 N–H and O–H groups in total. The van der Waals surface area contributed by atoms with E-state index < -0.39 is 0 Å². The average molecular weight is 370 g/mol. The molecule has 4 heteroatoms. The molecule has 24 heavy (non-hydrogen) atoms. The lowest BCUT2D eigenvalue weighted by atomic mass is 10.1. The fraction of sp³-hybridized carbons (Fsp3) is 0.650. The van der Waals surface area contributed by atoms with Crippen LogP contribution in [0.3, 0.4) is 0 Å². The molecule has 0 aliphatic rings. The molecule has 2 nitrogen and oxygen atoms in total. The summed E-state index contributed by atoms with van der Waals surface area (Å²) in [6.07, 6.45) is 10.3. The van der Waals surface area contributed by atoms with Crippen molar-refractivity contribution in [1.29, 1.82) is 0 Å². The number of hydrogen-bond donors (Lipinski definition) is 0. The summed E-state index contributed by atoms with van der Waals surface area (Å²) in [5.74, 6) is 1.31. The van der Waals surface area contributed by atoms with E-state index in [0.29, 0.717) is 10.0 Å². The molecule has 0 atom stereocenters.